The van der Waals surface area contributed by atoms with E-state index in [0.717, 1.165) is 0 Å². The Morgan fingerprint density at radius 1 is 1.67 bits per heavy atom. The Bertz CT molecular complexity index is 116. The fourth-order valence-electron chi connectivity index (χ4n) is 0.532. The monoisotopic (exact) mass is 124 g/mol. The third-order valence-electron chi connectivity index (χ3n) is 1.05. The summed E-state index contributed by atoms with van der Waals surface area (Å²) in [5, 5.41) is 6.77. The molecule has 0 heterocycles. The van der Waals surface area contributed by atoms with Crippen LogP contribution in [0.2, 0.25) is 0 Å². The summed E-state index contributed by atoms with van der Waals surface area (Å²) >= 11 is 0. The van der Waals surface area contributed by atoms with Crippen LogP contribution in [0.15, 0.2) is 24.9 Å². The first kappa shape index (κ1) is 7.95. The van der Waals surface area contributed by atoms with E-state index in [1.54, 1.807) is 6.08 Å². The van der Waals surface area contributed by atoms with Gasteiger partial charge in [-0.3, -0.25) is 0 Å². The molecule has 2 heteroatoms. The van der Waals surface area contributed by atoms with Crippen molar-refractivity contribution in [3.8, 4) is 0 Å². The summed E-state index contributed by atoms with van der Waals surface area (Å²) in [6, 6.07) is 0. The van der Waals surface area contributed by atoms with Gasteiger partial charge in [0, 0.05) is 5.92 Å². The van der Waals surface area contributed by atoms with Gasteiger partial charge in [0.05, 0.1) is 0 Å². The number of rotatable bonds is 4. The highest BCUT2D eigenvalue weighted by Gasteiger charge is 1.92. The summed E-state index contributed by atoms with van der Waals surface area (Å²) in [4.78, 5) is 0. The van der Waals surface area contributed by atoms with E-state index in [2.05, 4.69) is 6.58 Å². The zero-order valence-corrected chi connectivity index (χ0v) is 5.38. The Hall–Kier alpha value is -1.05. The van der Waals surface area contributed by atoms with Crippen molar-refractivity contribution >= 4 is 6.21 Å². The van der Waals surface area contributed by atoms with Gasteiger partial charge in [-0.25, -0.2) is 0 Å². The van der Waals surface area contributed by atoms with Gasteiger partial charge in [0.1, 0.15) is 0 Å². The number of allylic oxidation sites excluding steroid dienone is 2. The van der Waals surface area contributed by atoms with Crippen molar-refractivity contribution in [2.24, 2.45) is 11.7 Å². The molecule has 0 fully saturated rings. The fourth-order valence-corrected chi connectivity index (χ4v) is 0.532. The summed E-state index contributed by atoms with van der Waals surface area (Å²) in [7, 11) is 0. The van der Waals surface area contributed by atoms with Gasteiger partial charge in [-0.05, 0) is 18.8 Å². The Balaban J connectivity index is 3.66. The molecule has 0 aliphatic heterocycles. The average molecular weight is 124 g/mol. The van der Waals surface area contributed by atoms with Crippen LogP contribution >= 0.6 is 0 Å². The van der Waals surface area contributed by atoms with Gasteiger partial charge >= 0.3 is 0 Å². The Morgan fingerprint density at radius 3 is 2.67 bits per heavy atom. The van der Waals surface area contributed by atoms with Crippen molar-refractivity contribution in [3.63, 3.8) is 0 Å². The molecule has 0 saturated heterocycles. The lowest BCUT2D eigenvalue weighted by atomic mass is 10.1. The van der Waals surface area contributed by atoms with E-state index in [0.29, 0.717) is 6.42 Å². The number of hydrogen-bond acceptors (Lipinski definition) is 2. The van der Waals surface area contributed by atoms with Gasteiger partial charge < -0.3 is 11.1 Å². The topological polar surface area (TPSA) is 49.9 Å². The Morgan fingerprint density at radius 2 is 2.33 bits per heavy atom. The van der Waals surface area contributed by atoms with E-state index in [1.165, 1.54) is 12.4 Å². The molecule has 0 aromatic heterocycles. The molecule has 0 saturated carbocycles. The van der Waals surface area contributed by atoms with Crippen LogP contribution in [0, 0.1) is 11.3 Å². The Labute approximate surface area is 55.6 Å². The SMILES string of the molecule is C=CC(/C=C/N)CC=N. The Kier molecular flexibility index (Phi) is 4.50. The molecule has 0 amide bonds. The van der Waals surface area contributed by atoms with Crippen molar-refractivity contribution < 1.29 is 0 Å². The van der Waals surface area contributed by atoms with E-state index in [9.17, 15) is 0 Å². The van der Waals surface area contributed by atoms with Crippen molar-refractivity contribution in [2.45, 2.75) is 6.42 Å². The molecular formula is C7H12N2. The van der Waals surface area contributed by atoms with Gasteiger partial charge in [-0.15, -0.1) is 6.58 Å². The second kappa shape index (κ2) is 5.09. The van der Waals surface area contributed by atoms with Gasteiger partial charge in [0.25, 0.3) is 0 Å². The highest BCUT2D eigenvalue weighted by atomic mass is 14.5. The molecular weight excluding hydrogens is 112 g/mol. The first-order valence-corrected chi connectivity index (χ1v) is 2.85. The first-order chi connectivity index (χ1) is 4.35. The van der Waals surface area contributed by atoms with Crippen LogP contribution in [-0.2, 0) is 0 Å². The molecule has 0 spiro atoms. The molecule has 3 N–H and O–H groups in total. The molecule has 2 nitrogen and oxygen atoms in total. The van der Waals surface area contributed by atoms with Crippen LogP contribution in [0.3, 0.4) is 0 Å². The first-order valence-electron chi connectivity index (χ1n) is 2.85. The summed E-state index contributed by atoms with van der Waals surface area (Å²) in [5.74, 6) is 0.229. The second-order valence-corrected chi connectivity index (χ2v) is 1.72. The average Bonchev–Trinajstić information content (AvgIpc) is 1.88. The number of nitrogens with one attached hydrogen (secondary N) is 1. The standard InChI is InChI=1S/C7H12N2/c1-2-7(3-5-8)4-6-9/h2-3,5-7,9H,1,4,8H2/b5-3+,9-6?. The van der Waals surface area contributed by atoms with Gasteiger partial charge in [0.15, 0.2) is 0 Å². The van der Waals surface area contributed by atoms with Crippen molar-refractivity contribution in [1.29, 1.82) is 5.41 Å². The molecule has 1 unspecified atom stereocenters. The van der Waals surface area contributed by atoms with Crippen molar-refractivity contribution in [1.82, 2.24) is 0 Å². The fraction of sp³-hybridized carbons (Fsp3) is 0.286. The summed E-state index contributed by atoms with van der Waals surface area (Å²) in [5.41, 5.74) is 5.13. The lowest BCUT2D eigenvalue weighted by Gasteiger charge is -1.98. The smallest absolute Gasteiger partial charge is 0.00102 e. The predicted molar refractivity (Wildman–Crippen MR) is 40.4 cm³/mol. The molecule has 50 valence electrons. The summed E-state index contributed by atoms with van der Waals surface area (Å²) in [6.45, 7) is 3.59. The third kappa shape index (κ3) is 3.53. The quantitative estimate of drug-likeness (QED) is 0.430. The van der Waals surface area contributed by atoms with Crippen molar-refractivity contribution in [2.75, 3.05) is 0 Å². The van der Waals surface area contributed by atoms with Crippen LogP contribution in [0.25, 0.3) is 0 Å². The van der Waals surface area contributed by atoms with Crippen LogP contribution in [0.5, 0.6) is 0 Å². The third-order valence-corrected chi connectivity index (χ3v) is 1.05. The maximum atomic E-state index is 6.77. The van der Waals surface area contributed by atoms with Gasteiger partial charge in [-0.1, -0.05) is 12.2 Å². The summed E-state index contributed by atoms with van der Waals surface area (Å²) < 4.78 is 0. The van der Waals surface area contributed by atoms with Gasteiger partial charge in [-0.2, -0.15) is 0 Å². The molecule has 9 heavy (non-hydrogen) atoms. The lowest BCUT2D eigenvalue weighted by molar-refractivity contribution is 0.869. The number of hydrogen-bond donors (Lipinski definition) is 2. The molecule has 0 radical (unpaired) electrons. The molecule has 0 aromatic carbocycles. The maximum Gasteiger partial charge on any atom is 0.00102 e. The van der Waals surface area contributed by atoms with Crippen LogP contribution < -0.4 is 5.73 Å². The zero-order chi connectivity index (χ0) is 7.11. The van der Waals surface area contributed by atoms with E-state index in [4.69, 9.17) is 11.1 Å². The van der Waals surface area contributed by atoms with Crippen LogP contribution in [0.4, 0.5) is 0 Å². The highest BCUT2D eigenvalue weighted by molar-refractivity contribution is 5.54. The molecule has 1 atom stereocenters. The van der Waals surface area contributed by atoms with E-state index < -0.39 is 0 Å². The molecule has 0 aliphatic rings. The minimum Gasteiger partial charge on any atom is -0.405 e. The molecule has 0 rings (SSSR count). The normalized spacial score (nSPS) is 13.3. The molecule has 0 aromatic rings. The zero-order valence-electron chi connectivity index (χ0n) is 5.38. The minimum atomic E-state index is 0.229. The lowest BCUT2D eigenvalue weighted by Crippen LogP contribution is -1.92. The van der Waals surface area contributed by atoms with Gasteiger partial charge in [0.2, 0.25) is 0 Å². The van der Waals surface area contributed by atoms with Crippen molar-refractivity contribution in [3.05, 3.63) is 24.9 Å². The van der Waals surface area contributed by atoms with Crippen LogP contribution in [0.1, 0.15) is 6.42 Å². The largest absolute Gasteiger partial charge is 0.405 e. The number of nitrogens with two attached hydrogens (primary N) is 1. The summed E-state index contributed by atoms with van der Waals surface area (Å²) in [6.07, 6.45) is 7.12. The molecule has 0 bridgehead atoms. The maximum absolute atomic E-state index is 6.77. The van der Waals surface area contributed by atoms with E-state index in [1.807, 2.05) is 6.08 Å². The van der Waals surface area contributed by atoms with E-state index in [-0.39, 0.29) is 5.92 Å². The second-order valence-electron chi connectivity index (χ2n) is 1.72. The highest BCUT2D eigenvalue weighted by Crippen LogP contribution is 2.01. The molecule has 0 aliphatic carbocycles. The van der Waals surface area contributed by atoms with E-state index >= 15 is 0 Å². The predicted octanol–water partition coefficient (Wildman–Crippen LogP) is 1.30. The minimum absolute atomic E-state index is 0.229. The van der Waals surface area contributed by atoms with Crippen LogP contribution in [-0.4, -0.2) is 6.21 Å².